The summed E-state index contributed by atoms with van der Waals surface area (Å²) in [7, 11) is 1.58. The Bertz CT molecular complexity index is 930. The second-order valence-corrected chi connectivity index (χ2v) is 5.74. The van der Waals surface area contributed by atoms with Crippen molar-refractivity contribution in [3.05, 3.63) is 59.3 Å². The summed E-state index contributed by atoms with van der Waals surface area (Å²) in [5.41, 5.74) is 9.05. The second kappa shape index (κ2) is 5.49. The molecule has 1 amide bonds. The van der Waals surface area contributed by atoms with Crippen molar-refractivity contribution in [3.63, 3.8) is 0 Å². The number of carbonyl (C=O) groups is 1. The standard InChI is InChI=1S/C18H16N4O2/c1-24-13-6-7-15-14(8-13)16(21-18(19)20-15)17(23)22-9-11-4-2-3-5-12(11)10-22/h2-8H,9-10H2,1H3,(H2,19,20,21). The summed E-state index contributed by atoms with van der Waals surface area (Å²) in [6.45, 7) is 1.15. The van der Waals surface area contributed by atoms with E-state index in [0.717, 1.165) is 11.1 Å². The lowest BCUT2D eigenvalue weighted by molar-refractivity contribution is 0.0747. The maximum absolute atomic E-state index is 13.0. The maximum Gasteiger partial charge on any atom is 0.273 e. The summed E-state index contributed by atoms with van der Waals surface area (Å²) in [5, 5.41) is 0.643. The number of carbonyl (C=O) groups excluding carboxylic acids is 1. The van der Waals surface area contributed by atoms with Crippen LogP contribution in [-0.2, 0) is 13.1 Å². The van der Waals surface area contributed by atoms with Crippen LogP contribution in [0.2, 0.25) is 0 Å². The number of rotatable bonds is 2. The van der Waals surface area contributed by atoms with Gasteiger partial charge in [0.05, 0.1) is 12.6 Å². The number of fused-ring (bicyclic) bond motifs is 2. The molecular weight excluding hydrogens is 304 g/mol. The first-order valence-corrected chi connectivity index (χ1v) is 7.63. The number of ether oxygens (including phenoxy) is 1. The average Bonchev–Trinajstić information content (AvgIpc) is 3.04. The zero-order valence-electron chi connectivity index (χ0n) is 13.2. The van der Waals surface area contributed by atoms with E-state index in [1.807, 2.05) is 24.3 Å². The summed E-state index contributed by atoms with van der Waals surface area (Å²) in [5.74, 6) is 0.584. The van der Waals surface area contributed by atoms with Crippen LogP contribution in [0.25, 0.3) is 10.9 Å². The quantitative estimate of drug-likeness (QED) is 0.784. The van der Waals surface area contributed by atoms with E-state index < -0.39 is 0 Å². The SMILES string of the molecule is COc1ccc2nc(N)nc(C(=O)N3Cc4ccccc4C3)c2c1. The van der Waals surface area contributed by atoms with E-state index in [0.29, 0.717) is 35.4 Å². The molecule has 0 saturated heterocycles. The van der Waals surface area contributed by atoms with Crippen LogP contribution in [0.3, 0.4) is 0 Å². The highest BCUT2D eigenvalue weighted by Crippen LogP contribution is 2.27. The molecule has 3 aromatic rings. The molecule has 1 aliphatic heterocycles. The topological polar surface area (TPSA) is 81.3 Å². The number of hydrogen-bond donors (Lipinski definition) is 1. The van der Waals surface area contributed by atoms with Gasteiger partial charge in [0, 0.05) is 18.5 Å². The van der Waals surface area contributed by atoms with E-state index in [4.69, 9.17) is 10.5 Å². The first-order chi connectivity index (χ1) is 11.7. The van der Waals surface area contributed by atoms with Crippen LogP contribution < -0.4 is 10.5 Å². The minimum atomic E-state index is -0.154. The number of hydrogen-bond acceptors (Lipinski definition) is 5. The molecule has 2 heterocycles. The summed E-state index contributed by atoms with van der Waals surface area (Å²) >= 11 is 0. The predicted molar refractivity (Wildman–Crippen MR) is 90.5 cm³/mol. The third-order valence-electron chi connectivity index (χ3n) is 4.25. The Hall–Kier alpha value is -3.15. The molecule has 24 heavy (non-hydrogen) atoms. The van der Waals surface area contributed by atoms with Gasteiger partial charge in [-0.2, -0.15) is 0 Å². The smallest absolute Gasteiger partial charge is 0.273 e. The van der Waals surface area contributed by atoms with Gasteiger partial charge in [-0.3, -0.25) is 4.79 Å². The lowest BCUT2D eigenvalue weighted by Gasteiger charge is -2.16. The Kier molecular flexibility index (Phi) is 3.30. The first-order valence-electron chi connectivity index (χ1n) is 7.63. The molecule has 0 spiro atoms. The molecule has 4 rings (SSSR count). The fraction of sp³-hybridized carbons (Fsp3) is 0.167. The first kappa shape index (κ1) is 14.4. The molecule has 2 N–H and O–H groups in total. The van der Waals surface area contributed by atoms with Crippen molar-refractivity contribution in [2.75, 3.05) is 12.8 Å². The van der Waals surface area contributed by atoms with Crippen LogP contribution in [-0.4, -0.2) is 27.9 Å². The number of amides is 1. The van der Waals surface area contributed by atoms with Crippen molar-refractivity contribution in [1.29, 1.82) is 0 Å². The summed E-state index contributed by atoms with van der Waals surface area (Å²) in [6, 6.07) is 13.4. The molecule has 0 saturated carbocycles. The Labute approximate surface area is 138 Å². The molecule has 2 aromatic carbocycles. The lowest BCUT2D eigenvalue weighted by atomic mass is 10.1. The molecule has 1 aliphatic rings. The van der Waals surface area contributed by atoms with Crippen molar-refractivity contribution in [2.24, 2.45) is 0 Å². The Balaban J connectivity index is 1.77. The highest BCUT2D eigenvalue weighted by atomic mass is 16.5. The molecule has 0 unspecified atom stereocenters. The summed E-state index contributed by atoms with van der Waals surface area (Å²) in [6.07, 6.45) is 0. The van der Waals surface area contributed by atoms with Crippen molar-refractivity contribution < 1.29 is 9.53 Å². The monoisotopic (exact) mass is 320 g/mol. The summed E-state index contributed by atoms with van der Waals surface area (Å²) in [4.78, 5) is 23.2. The van der Waals surface area contributed by atoms with Crippen LogP contribution in [0, 0.1) is 0 Å². The van der Waals surface area contributed by atoms with Gasteiger partial charge in [0.25, 0.3) is 5.91 Å². The molecule has 6 nitrogen and oxygen atoms in total. The van der Waals surface area contributed by atoms with Gasteiger partial charge in [0.1, 0.15) is 11.4 Å². The number of benzene rings is 2. The number of nitrogens with two attached hydrogens (primary N) is 1. The van der Waals surface area contributed by atoms with Gasteiger partial charge in [-0.1, -0.05) is 24.3 Å². The molecule has 0 aliphatic carbocycles. The van der Waals surface area contributed by atoms with Gasteiger partial charge >= 0.3 is 0 Å². The van der Waals surface area contributed by atoms with E-state index in [1.165, 1.54) is 0 Å². The van der Waals surface area contributed by atoms with Gasteiger partial charge in [-0.25, -0.2) is 9.97 Å². The van der Waals surface area contributed by atoms with Gasteiger partial charge in [-0.05, 0) is 29.3 Å². The lowest BCUT2D eigenvalue weighted by Crippen LogP contribution is -2.27. The Morgan fingerprint density at radius 2 is 1.83 bits per heavy atom. The minimum absolute atomic E-state index is 0.0905. The number of anilines is 1. The second-order valence-electron chi connectivity index (χ2n) is 5.74. The number of methoxy groups -OCH3 is 1. The number of nitrogen functional groups attached to an aromatic ring is 1. The highest BCUT2D eigenvalue weighted by Gasteiger charge is 2.26. The van der Waals surface area contributed by atoms with Gasteiger partial charge < -0.3 is 15.4 Å². The van der Waals surface area contributed by atoms with Crippen LogP contribution in [0.4, 0.5) is 5.95 Å². The van der Waals surface area contributed by atoms with Crippen molar-refractivity contribution >= 4 is 22.8 Å². The minimum Gasteiger partial charge on any atom is -0.497 e. The molecule has 0 fully saturated rings. The molecule has 1 aromatic heterocycles. The van der Waals surface area contributed by atoms with Crippen LogP contribution in [0.5, 0.6) is 5.75 Å². The zero-order chi connectivity index (χ0) is 16.7. The third kappa shape index (κ3) is 2.32. The van der Waals surface area contributed by atoms with Crippen LogP contribution in [0.1, 0.15) is 21.6 Å². The fourth-order valence-corrected chi connectivity index (χ4v) is 3.04. The largest absolute Gasteiger partial charge is 0.497 e. The average molecular weight is 320 g/mol. The molecule has 6 heteroatoms. The highest BCUT2D eigenvalue weighted by molar-refractivity contribution is 6.05. The van der Waals surface area contributed by atoms with E-state index in [1.54, 1.807) is 30.2 Å². The van der Waals surface area contributed by atoms with Crippen LogP contribution >= 0.6 is 0 Å². The fourth-order valence-electron chi connectivity index (χ4n) is 3.04. The summed E-state index contributed by atoms with van der Waals surface area (Å²) < 4.78 is 5.25. The Morgan fingerprint density at radius 1 is 1.12 bits per heavy atom. The van der Waals surface area contributed by atoms with Crippen molar-refractivity contribution in [3.8, 4) is 5.75 Å². The maximum atomic E-state index is 13.0. The normalized spacial score (nSPS) is 13.1. The van der Waals surface area contributed by atoms with Crippen molar-refractivity contribution in [2.45, 2.75) is 13.1 Å². The third-order valence-corrected chi connectivity index (χ3v) is 4.25. The van der Waals surface area contributed by atoms with E-state index >= 15 is 0 Å². The van der Waals surface area contributed by atoms with E-state index in [2.05, 4.69) is 9.97 Å². The van der Waals surface area contributed by atoms with E-state index in [9.17, 15) is 4.79 Å². The number of aromatic nitrogens is 2. The van der Waals surface area contributed by atoms with Gasteiger partial charge in [0.2, 0.25) is 5.95 Å². The molecule has 0 radical (unpaired) electrons. The van der Waals surface area contributed by atoms with Crippen molar-refractivity contribution in [1.82, 2.24) is 14.9 Å². The zero-order valence-corrected chi connectivity index (χ0v) is 13.2. The predicted octanol–water partition coefficient (Wildman–Crippen LogP) is 2.38. The Morgan fingerprint density at radius 3 is 2.50 bits per heavy atom. The molecule has 0 bridgehead atoms. The van der Waals surface area contributed by atoms with E-state index in [-0.39, 0.29) is 11.9 Å². The molecule has 120 valence electrons. The van der Waals surface area contributed by atoms with Crippen LogP contribution in [0.15, 0.2) is 42.5 Å². The number of nitrogens with zero attached hydrogens (tertiary/aromatic N) is 3. The van der Waals surface area contributed by atoms with Gasteiger partial charge in [0.15, 0.2) is 0 Å². The molecule has 0 atom stereocenters. The van der Waals surface area contributed by atoms with Gasteiger partial charge in [-0.15, -0.1) is 0 Å². The molecular formula is C18H16N4O2.